The molecule has 1 aliphatic rings. The molecule has 0 unspecified atom stereocenters. The fourth-order valence-corrected chi connectivity index (χ4v) is 3.21. The smallest absolute Gasteiger partial charge is 0.255 e. The molecule has 1 saturated carbocycles. The molecule has 0 saturated heterocycles. The molecule has 0 bridgehead atoms. The van der Waals surface area contributed by atoms with Crippen molar-refractivity contribution in [3.8, 4) is 11.5 Å². The number of methoxy groups -OCH3 is 1. The van der Waals surface area contributed by atoms with Gasteiger partial charge in [-0.2, -0.15) is 0 Å². The van der Waals surface area contributed by atoms with Crippen LogP contribution in [0.15, 0.2) is 18.2 Å². The van der Waals surface area contributed by atoms with Crippen LogP contribution in [0.4, 0.5) is 0 Å². The van der Waals surface area contributed by atoms with E-state index >= 15 is 0 Å². The maximum absolute atomic E-state index is 12.3. The van der Waals surface area contributed by atoms with Crippen molar-refractivity contribution in [3.05, 3.63) is 23.8 Å². The third-order valence-corrected chi connectivity index (χ3v) is 4.84. The van der Waals surface area contributed by atoms with Crippen LogP contribution in [0.2, 0.25) is 0 Å². The number of aromatic hydroxyl groups is 1. The van der Waals surface area contributed by atoms with Crippen LogP contribution in [-0.4, -0.2) is 30.5 Å². The number of carbonyl (C=O) groups excluding carboxylic acids is 1. The lowest BCUT2D eigenvalue weighted by Gasteiger charge is -2.35. The summed E-state index contributed by atoms with van der Waals surface area (Å²) in [4.78, 5) is 12.3. The van der Waals surface area contributed by atoms with Crippen molar-refractivity contribution >= 4 is 17.5 Å². The van der Waals surface area contributed by atoms with Gasteiger partial charge in [-0.1, -0.05) is 19.3 Å². The average Bonchev–Trinajstić information content (AvgIpc) is 2.54. The standard InChI is InChI=1S/C16H22ClNO3/c1-21-12-5-6-14(19)13(9-12)15(20)18-11-16(10-17)7-3-2-4-8-16/h5-6,9,19H,2-4,7-8,10-11H2,1H3,(H,18,20). The Morgan fingerprint density at radius 3 is 2.71 bits per heavy atom. The van der Waals surface area contributed by atoms with Gasteiger partial charge in [-0.05, 0) is 31.0 Å². The van der Waals surface area contributed by atoms with E-state index in [0.29, 0.717) is 18.2 Å². The number of phenolic OH excluding ortho intramolecular Hbond substituents is 1. The van der Waals surface area contributed by atoms with Gasteiger partial charge in [0.1, 0.15) is 11.5 Å². The summed E-state index contributed by atoms with van der Waals surface area (Å²) in [6, 6.07) is 4.62. The van der Waals surface area contributed by atoms with Crippen LogP contribution in [0, 0.1) is 5.41 Å². The fourth-order valence-electron chi connectivity index (χ4n) is 2.85. The zero-order valence-electron chi connectivity index (χ0n) is 12.3. The van der Waals surface area contributed by atoms with E-state index in [0.717, 1.165) is 25.7 Å². The molecule has 1 amide bonds. The minimum absolute atomic E-state index is 0.00997. The molecule has 5 heteroatoms. The van der Waals surface area contributed by atoms with Gasteiger partial charge in [-0.3, -0.25) is 4.79 Å². The normalized spacial score (nSPS) is 17.2. The SMILES string of the molecule is COc1ccc(O)c(C(=O)NCC2(CCl)CCCCC2)c1. The molecule has 2 rings (SSSR count). The highest BCUT2D eigenvalue weighted by atomic mass is 35.5. The fraction of sp³-hybridized carbons (Fsp3) is 0.562. The van der Waals surface area contributed by atoms with Gasteiger partial charge >= 0.3 is 0 Å². The second-order valence-electron chi connectivity index (χ2n) is 5.76. The van der Waals surface area contributed by atoms with Crippen LogP contribution >= 0.6 is 11.6 Å². The minimum Gasteiger partial charge on any atom is -0.507 e. The van der Waals surface area contributed by atoms with E-state index in [9.17, 15) is 9.90 Å². The summed E-state index contributed by atoms with van der Waals surface area (Å²) in [5.41, 5.74) is 0.221. The van der Waals surface area contributed by atoms with Crippen LogP contribution in [-0.2, 0) is 0 Å². The molecule has 1 fully saturated rings. The molecular formula is C16H22ClNO3. The first-order valence-corrected chi connectivity index (χ1v) is 7.85. The third-order valence-electron chi connectivity index (χ3n) is 4.27. The van der Waals surface area contributed by atoms with Crippen LogP contribution in [0.3, 0.4) is 0 Å². The first-order chi connectivity index (χ1) is 10.1. The summed E-state index contributed by atoms with van der Waals surface area (Å²) in [5, 5.41) is 12.7. The lowest BCUT2D eigenvalue weighted by molar-refractivity contribution is 0.0918. The molecule has 21 heavy (non-hydrogen) atoms. The summed E-state index contributed by atoms with van der Waals surface area (Å²) in [6.07, 6.45) is 5.64. The molecule has 0 radical (unpaired) electrons. The number of ether oxygens (including phenoxy) is 1. The van der Waals surface area contributed by atoms with Crippen molar-refractivity contribution in [2.75, 3.05) is 19.5 Å². The molecule has 1 aromatic carbocycles. The van der Waals surface area contributed by atoms with Crippen LogP contribution in [0.5, 0.6) is 11.5 Å². The van der Waals surface area contributed by atoms with Crippen molar-refractivity contribution in [3.63, 3.8) is 0 Å². The minimum atomic E-state index is -0.290. The second-order valence-corrected chi connectivity index (χ2v) is 6.03. The first kappa shape index (κ1) is 16.0. The van der Waals surface area contributed by atoms with Gasteiger partial charge < -0.3 is 15.2 Å². The molecule has 4 nitrogen and oxygen atoms in total. The first-order valence-electron chi connectivity index (χ1n) is 7.31. The van der Waals surface area contributed by atoms with E-state index < -0.39 is 0 Å². The van der Waals surface area contributed by atoms with Gasteiger partial charge in [-0.15, -0.1) is 11.6 Å². The van der Waals surface area contributed by atoms with E-state index in [2.05, 4.69) is 5.32 Å². The Morgan fingerprint density at radius 2 is 2.10 bits per heavy atom. The molecule has 1 aliphatic carbocycles. The number of halogens is 1. The van der Waals surface area contributed by atoms with Crippen molar-refractivity contribution < 1.29 is 14.6 Å². The molecule has 1 aromatic rings. The van der Waals surface area contributed by atoms with E-state index in [4.69, 9.17) is 16.3 Å². The number of amides is 1. The van der Waals surface area contributed by atoms with Gasteiger partial charge in [0.15, 0.2) is 0 Å². The average molecular weight is 312 g/mol. The van der Waals surface area contributed by atoms with Gasteiger partial charge in [0.25, 0.3) is 5.91 Å². The molecule has 0 aromatic heterocycles. The van der Waals surface area contributed by atoms with Crippen molar-refractivity contribution in [2.45, 2.75) is 32.1 Å². The molecule has 2 N–H and O–H groups in total. The molecule has 0 heterocycles. The monoisotopic (exact) mass is 311 g/mol. The Hall–Kier alpha value is -1.42. The Bertz CT molecular complexity index is 498. The Balaban J connectivity index is 2.04. The van der Waals surface area contributed by atoms with Crippen molar-refractivity contribution in [1.29, 1.82) is 0 Å². The second kappa shape index (κ2) is 7.03. The summed E-state index contributed by atoms with van der Waals surface area (Å²) < 4.78 is 5.08. The van der Waals surface area contributed by atoms with Gasteiger partial charge in [0.2, 0.25) is 0 Å². The van der Waals surface area contributed by atoms with Crippen LogP contribution < -0.4 is 10.1 Å². The molecule has 0 aliphatic heterocycles. The number of rotatable bonds is 5. The van der Waals surface area contributed by atoms with Crippen molar-refractivity contribution in [1.82, 2.24) is 5.32 Å². The predicted molar refractivity (Wildman–Crippen MR) is 83.2 cm³/mol. The molecule has 116 valence electrons. The molecule has 0 atom stereocenters. The summed E-state index contributed by atoms with van der Waals surface area (Å²) in [6.45, 7) is 0.548. The summed E-state index contributed by atoms with van der Waals surface area (Å²) in [7, 11) is 1.53. The highest BCUT2D eigenvalue weighted by molar-refractivity contribution is 6.18. The highest BCUT2D eigenvalue weighted by Gasteiger charge is 2.31. The number of phenols is 1. The maximum Gasteiger partial charge on any atom is 0.255 e. The quantitative estimate of drug-likeness (QED) is 0.820. The zero-order chi connectivity index (χ0) is 15.3. The Kier molecular flexibility index (Phi) is 5.34. The van der Waals surface area contributed by atoms with E-state index in [-0.39, 0.29) is 22.6 Å². The van der Waals surface area contributed by atoms with Crippen LogP contribution in [0.25, 0.3) is 0 Å². The van der Waals surface area contributed by atoms with E-state index in [1.807, 2.05) is 0 Å². The molecular weight excluding hydrogens is 290 g/mol. The zero-order valence-corrected chi connectivity index (χ0v) is 13.1. The predicted octanol–water partition coefficient (Wildman–Crippen LogP) is 3.32. The van der Waals surface area contributed by atoms with Crippen LogP contribution in [0.1, 0.15) is 42.5 Å². The number of hydrogen-bond acceptors (Lipinski definition) is 3. The Morgan fingerprint density at radius 1 is 1.38 bits per heavy atom. The maximum atomic E-state index is 12.3. The Labute approximate surface area is 130 Å². The van der Waals surface area contributed by atoms with Gasteiger partial charge in [0, 0.05) is 17.8 Å². The number of nitrogens with one attached hydrogen (secondary N) is 1. The number of hydrogen-bond donors (Lipinski definition) is 2. The topological polar surface area (TPSA) is 58.6 Å². The van der Waals surface area contributed by atoms with Crippen molar-refractivity contribution in [2.24, 2.45) is 5.41 Å². The van der Waals surface area contributed by atoms with Gasteiger partial charge in [0.05, 0.1) is 12.7 Å². The van der Waals surface area contributed by atoms with E-state index in [1.165, 1.54) is 19.6 Å². The van der Waals surface area contributed by atoms with Gasteiger partial charge in [-0.25, -0.2) is 0 Å². The highest BCUT2D eigenvalue weighted by Crippen LogP contribution is 2.37. The lowest BCUT2D eigenvalue weighted by atomic mass is 9.75. The lowest BCUT2D eigenvalue weighted by Crippen LogP contribution is -2.40. The molecule has 0 spiro atoms. The summed E-state index contributed by atoms with van der Waals surface area (Å²) in [5.74, 6) is 0.762. The van der Waals surface area contributed by atoms with E-state index in [1.54, 1.807) is 12.1 Å². The summed E-state index contributed by atoms with van der Waals surface area (Å²) >= 11 is 6.12. The number of carbonyl (C=O) groups is 1. The third kappa shape index (κ3) is 3.82. The number of alkyl halides is 1. The number of benzene rings is 1. The largest absolute Gasteiger partial charge is 0.507 e.